The molecule has 1 aliphatic carbocycles. The number of methoxy groups -OCH3 is 1. The summed E-state index contributed by atoms with van der Waals surface area (Å²) in [6.07, 6.45) is 2.51. The third kappa shape index (κ3) is 3.11. The summed E-state index contributed by atoms with van der Waals surface area (Å²) < 4.78 is 5.30. The fourth-order valence-corrected chi connectivity index (χ4v) is 2.35. The predicted octanol–water partition coefficient (Wildman–Crippen LogP) is 1.58. The van der Waals surface area contributed by atoms with Gasteiger partial charge in [-0.3, -0.25) is 4.79 Å². The van der Waals surface area contributed by atoms with Crippen molar-refractivity contribution in [3.05, 3.63) is 23.8 Å². The molecule has 1 aliphatic rings. The highest BCUT2D eigenvalue weighted by atomic mass is 16.5. The van der Waals surface area contributed by atoms with Gasteiger partial charge >= 0.3 is 0 Å². The van der Waals surface area contributed by atoms with Gasteiger partial charge in [-0.15, -0.1) is 0 Å². The van der Waals surface area contributed by atoms with Crippen LogP contribution in [0.2, 0.25) is 0 Å². The SMILES string of the molecule is COc1ccc(CN(C)C)cc1NC(=O)C1(N)CCC1. The number of nitrogens with two attached hydrogens (primary N) is 1. The van der Waals surface area contributed by atoms with E-state index in [2.05, 4.69) is 10.2 Å². The first kappa shape index (κ1) is 14.8. The highest BCUT2D eigenvalue weighted by Gasteiger charge is 2.40. The molecule has 0 atom stereocenters. The summed E-state index contributed by atoms with van der Waals surface area (Å²) >= 11 is 0. The van der Waals surface area contributed by atoms with Gasteiger partial charge in [0.15, 0.2) is 0 Å². The maximum absolute atomic E-state index is 12.2. The molecule has 0 spiro atoms. The molecule has 3 N–H and O–H groups in total. The van der Waals surface area contributed by atoms with Crippen LogP contribution < -0.4 is 15.8 Å². The lowest BCUT2D eigenvalue weighted by Crippen LogP contribution is -2.56. The Bertz CT molecular complexity index is 496. The first-order chi connectivity index (χ1) is 9.44. The van der Waals surface area contributed by atoms with Gasteiger partial charge in [-0.1, -0.05) is 6.07 Å². The van der Waals surface area contributed by atoms with Crippen LogP contribution in [0.1, 0.15) is 24.8 Å². The summed E-state index contributed by atoms with van der Waals surface area (Å²) in [5.74, 6) is 0.535. The number of carbonyl (C=O) groups excluding carboxylic acids is 1. The Morgan fingerprint density at radius 2 is 2.15 bits per heavy atom. The van der Waals surface area contributed by atoms with E-state index in [-0.39, 0.29) is 5.91 Å². The third-order valence-corrected chi connectivity index (χ3v) is 3.71. The van der Waals surface area contributed by atoms with E-state index in [1.54, 1.807) is 7.11 Å². The zero-order valence-corrected chi connectivity index (χ0v) is 12.4. The Labute approximate surface area is 120 Å². The number of rotatable bonds is 5. The van der Waals surface area contributed by atoms with Gasteiger partial charge in [-0.25, -0.2) is 0 Å². The van der Waals surface area contributed by atoms with Crippen LogP contribution in [0.4, 0.5) is 5.69 Å². The van der Waals surface area contributed by atoms with Crippen molar-refractivity contribution in [2.45, 2.75) is 31.3 Å². The van der Waals surface area contributed by atoms with Gasteiger partial charge in [-0.2, -0.15) is 0 Å². The van der Waals surface area contributed by atoms with Gasteiger partial charge in [-0.05, 0) is 51.1 Å². The lowest BCUT2D eigenvalue weighted by atomic mass is 9.77. The number of amides is 1. The minimum atomic E-state index is -0.706. The summed E-state index contributed by atoms with van der Waals surface area (Å²) in [5, 5.41) is 2.91. The summed E-state index contributed by atoms with van der Waals surface area (Å²) in [5.41, 5.74) is 7.14. The molecule has 0 saturated heterocycles. The van der Waals surface area contributed by atoms with Crippen LogP contribution in [-0.4, -0.2) is 37.6 Å². The predicted molar refractivity (Wildman–Crippen MR) is 79.8 cm³/mol. The molecule has 5 nitrogen and oxygen atoms in total. The smallest absolute Gasteiger partial charge is 0.244 e. The van der Waals surface area contributed by atoms with E-state index < -0.39 is 5.54 Å². The van der Waals surface area contributed by atoms with Crippen molar-refractivity contribution in [3.63, 3.8) is 0 Å². The minimum Gasteiger partial charge on any atom is -0.495 e. The van der Waals surface area contributed by atoms with E-state index in [1.807, 2.05) is 32.3 Å². The second-order valence-corrected chi connectivity index (χ2v) is 5.74. The Morgan fingerprint density at radius 1 is 1.45 bits per heavy atom. The van der Waals surface area contributed by atoms with Crippen molar-refractivity contribution >= 4 is 11.6 Å². The molecule has 0 heterocycles. The third-order valence-electron chi connectivity index (χ3n) is 3.71. The number of carbonyl (C=O) groups is 1. The zero-order valence-electron chi connectivity index (χ0n) is 12.4. The lowest BCUT2D eigenvalue weighted by Gasteiger charge is -2.36. The topological polar surface area (TPSA) is 67.6 Å². The molecule has 0 unspecified atom stereocenters. The van der Waals surface area contributed by atoms with Gasteiger partial charge in [0.1, 0.15) is 5.75 Å². The summed E-state index contributed by atoms with van der Waals surface area (Å²) in [6.45, 7) is 0.806. The van der Waals surface area contributed by atoms with E-state index in [0.29, 0.717) is 11.4 Å². The van der Waals surface area contributed by atoms with Crippen molar-refractivity contribution in [1.29, 1.82) is 0 Å². The molecule has 110 valence electrons. The Balaban J connectivity index is 2.17. The molecule has 0 aliphatic heterocycles. The standard InChI is InChI=1S/C15H23N3O2/c1-18(2)10-11-5-6-13(20-3)12(9-11)17-14(19)15(16)7-4-8-15/h5-6,9H,4,7-8,10,16H2,1-3H3,(H,17,19). The van der Waals surface area contributed by atoms with Crippen LogP contribution in [-0.2, 0) is 11.3 Å². The number of ether oxygens (including phenoxy) is 1. The summed E-state index contributed by atoms with van der Waals surface area (Å²) in [4.78, 5) is 14.3. The number of nitrogens with one attached hydrogen (secondary N) is 1. The van der Waals surface area contributed by atoms with Crippen molar-refractivity contribution in [1.82, 2.24) is 4.90 Å². The van der Waals surface area contributed by atoms with Crippen LogP contribution in [0.5, 0.6) is 5.75 Å². The Hall–Kier alpha value is -1.59. The molecule has 1 aromatic carbocycles. The number of hydrogen-bond acceptors (Lipinski definition) is 4. The highest BCUT2D eigenvalue weighted by molar-refractivity contribution is 5.99. The minimum absolute atomic E-state index is 0.121. The number of anilines is 1. The molecule has 0 radical (unpaired) electrons. The largest absolute Gasteiger partial charge is 0.495 e. The van der Waals surface area contributed by atoms with Crippen molar-refractivity contribution in [3.8, 4) is 5.75 Å². The van der Waals surface area contributed by atoms with E-state index in [4.69, 9.17) is 10.5 Å². The second kappa shape index (κ2) is 5.81. The van der Waals surface area contributed by atoms with Crippen LogP contribution in [0.3, 0.4) is 0 Å². The van der Waals surface area contributed by atoms with Crippen molar-refractivity contribution < 1.29 is 9.53 Å². The number of benzene rings is 1. The molecule has 20 heavy (non-hydrogen) atoms. The first-order valence-corrected chi connectivity index (χ1v) is 6.86. The molecular weight excluding hydrogens is 254 g/mol. The molecule has 2 rings (SSSR count). The van der Waals surface area contributed by atoms with Crippen LogP contribution in [0, 0.1) is 0 Å². The first-order valence-electron chi connectivity index (χ1n) is 6.86. The zero-order chi connectivity index (χ0) is 14.8. The number of hydrogen-bond donors (Lipinski definition) is 2. The Kier molecular flexibility index (Phi) is 4.30. The molecule has 1 amide bonds. The quantitative estimate of drug-likeness (QED) is 0.857. The summed E-state index contributed by atoms with van der Waals surface area (Å²) in [7, 11) is 5.61. The maximum Gasteiger partial charge on any atom is 0.244 e. The molecule has 0 aromatic heterocycles. The highest BCUT2D eigenvalue weighted by Crippen LogP contribution is 2.32. The van der Waals surface area contributed by atoms with Gasteiger partial charge in [0.2, 0.25) is 5.91 Å². The van der Waals surface area contributed by atoms with Gasteiger partial charge in [0.05, 0.1) is 18.3 Å². The van der Waals surface area contributed by atoms with Gasteiger partial charge in [0, 0.05) is 6.54 Å². The average Bonchev–Trinajstić information content (AvgIpc) is 2.35. The van der Waals surface area contributed by atoms with E-state index in [9.17, 15) is 4.79 Å². The number of nitrogens with zero attached hydrogens (tertiary/aromatic N) is 1. The van der Waals surface area contributed by atoms with Gasteiger partial charge in [0.25, 0.3) is 0 Å². The fraction of sp³-hybridized carbons (Fsp3) is 0.533. The monoisotopic (exact) mass is 277 g/mol. The van der Waals surface area contributed by atoms with Crippen LogP contribution >= 0.6 is 0 Å². The summed E-state index contributed by atoms with van der Waals surface area (Å²) in [6, 6.07) is 5.81. The second-order valence-electron chi connectivity index (χ2n) is 5.74. The molecular formula is C15H23N3O2. The van der Waals surface area contributed by atoms with Crippen molar-refractivity contribution in [2.75, 3.05) is 26.5 Å². The average molecular weight is 277 g/mol. The van der Waals surface area contributed by atoms with E-state index in [0.717, 1.165) is 31.4 Å². The molecule has 1 saturated carbocycles. The van der Waals surface area contributed by atoms with Gasteiger partial charge < -0.3 is 20.7 Å². The molecule has 5 heteroatoms. The van der Waals surface area contributed by atoms with E-state index in [1.165, 1.54) is 0 Å². The van der Waals surface area contributed by atoms with Crippen LogP contribution in [0.15, 0.2) is 18.2 Å². The van der Waals surface area contributed by atoms with E-state index >= 15 is 0 Å². The molecule has 0 bridgehead atoms. The molecule has 1 fully saturated rings. The molecule has 1 aromatic rings. The fourth-order valence-electron chi connectivity index (χ4n) is 2.35. The Morgan fingerprint density at radius 3 is 2.65 bits per heavy atom. The van der Waals surface area contributed by atoms with Crippen LogP contribution in [0.25, 0.3) is 0 Å². The normalized spacial score (nSPS) is 16.6. The lowest BCUT2D eigenvalue weighted by molar-refractivity contribution is -0.123. The maximum atomic E-state index is 12.2. The van der Waals surface area contributed by atoms with Crippen molar-refractivity contribution in [2.24, 2.45) is 5.73 Å².